The van der Waals surface area contributed by atoms with Gasteiger partial charge in [0, 0.05) is 6.04 Å². The van der Waals surface area contributed by atoms with Crippen molar-refractivity contribution in [3.05, 3.63) is 35.4 Å². The highest BCUT2D eigenvalue weighted by molar-refractivity contribution is 7.79. The molecule has 3 N–H and O–H groups in total. The molecule has 0 heterocycles. The maximum Gasteiger partial charge on any atom is 0.160 e. The number of nitrogens with zero attached hydrogens (tertiary/aromatic N) is 1. The van der Waals surface area contributed by atoms with E-state index >= 15 is 0 Å². The van der Waals surface area contributed by atoms with Crippen molar-refractivity contribution < 1.29 is 8.76 Å². The van der Waals surface area contributed by atoms with Crippen LogP contribution in [0.2, 0.25) is 0 Å². The summed E-state index contributed by atoms with van der Waals surface area (Å²) in [6.45, 7) is 1.68. The zero-order chi connectivity index (χ0) is 12.1. The Bertz CT molecular complexity index is 411. The molecule has 0 saturated carbocycles. The van der Waals surface area contributed by atoms with Crippen LogP contribution in [0.1, 0.15) is 35.8 Å². The van der Waals surface area contributed by atoms with Crippen LogP contribution in [0.4, 0.5) is 0 Å². The molecule has 0 bridgehead atoms. The summed E-state index contributed by atoms with van der Waals surface area (Å²) < 4.78 is 19.8. The lowest BCUT2D eigenvalue weighted by Gasteiger charge is -2.11. The highest BCUT2D eigenvalue weighted by Gasteiger charge is 2.12. The van der Waals surface area contributed by atoms with Gasteiger partial charge in [0.2, 0.25) is 0 Å². The molecule has 4 nitrogen and oxygen atoms in total. The van der Waals surface area contributed by atoms with Gasteiger partial charge < -0.3 is 10.3 Å². The summed E-state index contributed by atoms with van der Waals surface area (Å²) in [5, 5.41) is 8.09. The first-order valence-electron chi connectivity index (χ1n) is 4.88. The van der Waals surface area contributed by atoms with Crippen molar-refractivity contribution in [3.8, 4) is 6.07 Å². The molecule has 0 saturated heterocycles. The molecule has 0 aliphatic carbocycles. The van der Waals surface area contributed by atoms with Gasteiger partial charge in [0.25, 0.3) is 0 Å². The smallest absolute Gasteiger partial charge is 0.160 e. The van der Waals surface area contributed by atoms with E-state index in [0.717, 1.165) is 11.1 Å². The average Bonchev–Trinajstić information content (AvgIpc) is 2.28. The molecule has 3 atom stereocenters. The van der Waals surface area contributed by atoms with Crippen LogP contribution in [0.5, 0.6) is 0 Å². The fourth-order valence-electron chi connectivity index (χ4n) is 1.35. The summed E-state index contributed by atoms with van der Waals surface area (Å²) in [4.78, 5) is 0. The van der Waals surface area contributed by atoms with E-state index in [9.17, 15) is 4.21 Å². The van der Waals surface area contributed by atoms with Crippen molar-refractivity contribution in [1.29, 1.82) is 5.26 Å². The summed E-state index contributed by atoms with van der Waals surface area (Å²) in [6.07, 6.45) is 0.265. The lowest BCUT2D eigenvalue weighted by atomic mass is 10.0. The molecule has 0 fully saturated rings. The second kappa shape index (κ2) is 5.75. The van der Waals surface area contributed by atoms with Crippen LogP contribution in [-0.4, -0.2) is 8.76 Å². The van der Waals surface area contributed by atoms with E-state index in [-0.39, 0.29) is 12.5 Å². The highest BCUT2D eigenvalue weighted by atomic mass is 32.2. The van der Waals surface area contributed by atoms with E-state index in [1.807, 2.05) is 6.07 Å². The maximum atomic E-state index is 10.9. The normalized spacial score (nSPS) is 16.1. The number of hydrogen-bond donors (Lipinski definition) is 2. The lowest BCUT2D eigenvalue weighted by Crippen LogP contribution is -2.09. The van der Waals surface area contributed by atoms with Crippen molar-refractivity contribution >= 4 is 11.1 Å². The number of rotatable bonds is 4. The molecule has 0 amide bonds. The monoisotopic (exact) mass is 238 g/mol. The first-order chi connectivity index (χ1) is 7.56. The Morgan fingerprint density at radius 1 is 1.44 bits per heavy atom. The Labute approximate surface area is 97.4 Å². The molecule has 5 heteroatoms. The Hall–Kier alpha value is -1.22. The second-order valence-corrected chi connectivity index (χ2v) is 4.81. The summed E-state index contributed by atoms with van der Waals surface area (Å²) in [7, 11) is 0. The van der Waals surface area contributed by atoms with Crippen molar-refractivity contribution in [3.63, 3.8) is 0 Å². The molecule has 2 unspecified atom stereocenters. The van der Waals surface area contributed by atoms with E-state index in [0.29, 0.717) is 0 Å². The van der Waals surface area contributed by atoms with Gasteiger partial charge in [-0.2, -0.15) is 5.26 Å². The fraction of sp³-hybridized carbons (Fsp3) is 0.364. The predicted octanol–water partition coefficient (Wildman–Crippen LogP) is 1.88. The third-order valence-electron chi connectivity index (χ3n) is 2.45. The number of hydrogen-bond acceptors (Lipinski definition) is 3. The zero-order valence-corrected chi connectivity index (χ0v) is 9.78. The standard InChI is InChI=1S/C11H14N2O2S/c1-8(16(14)15)9-2-4-10(5-3-9)11(13)6-7-12/h2-5,8,11H,6,13H2,1H3,(H,14,15)/t8?,11-/m0/s1. The van der Waals surface area contributed by atoms with E-state index in [1.54, 1.807) is 31.2 Å². The Kier molecular flexibility index (Phi) is 4.62. The number of benzene rings is 1. The summed E-state index contributed by atoms with van der Waals surface area (Å²) in [6, 6.07) is 8.83. The van der Waals surface area contributed by atoms with Gasteiger partial charge in [0.05, 0.1) is 17.7 Å². The van der Waals surface area contributed by atoms with Crippen LogP contribution in [0, 0.1) is 11.3 Å². The van der Waals surface area contributed by atoms with Crippen LogP contribution in [0.25, 0.3) is 0 Å². The van der Waals surface area contributed by atoms with Gasteiger partial charge in [0.1, 0.15) is 0 Å². The van der Waals surface area contributed by atoms with Crippen LogP contribution >= 0.6 is 0 Å². The number of nitriles is 1. The molecule has 1 aromatic rings. The van der Waals surface area contributed by atoms with Crippen molar-refractivity contribution in [1.82, 2.24) is 0 Å². The molecular formula is C11H14N2O2S. The predicted molar refractivity (Wildman–Crippen MR) is 62.8 cm³/mol. The first kappa shape index (κ1) is 12.8. The molecule has 86 valence electrons. The first-order valence-corrected chi connectivity index (χ1v) is 6.05. The summed E-state index contributed by atoms with van der Waals surface area (Å²) in [5.74, 6) is 0. The summed E-state index contributed by atoms with van der Waals surface area (Å²) >= 11 is -1.87. The fourth-order valence-corrected chi connectivity index (χ4v) is 1.74. The van der Waals surface area contributed by atoms with Crippen LogP contribution in [-0.2, 0) is 11.1 Å². The maximum absolute atomic E-state index is 10.9. The van der Waals surface area contributed by atoms with Crippen molar-refractivity contribution in [2.45, 2.75) is 24.6 Å². The third-order valence-corrected chi connectivity index (χ3v) is 3.32. The second-order valence-electron chi connectivity index (χ2n) is 3.55. The Balaban J connectivity index is 2.83. The van der Waals surface area contributed by atoms with Crippen LogP contribution in [0.3, 0.4) is 0 Å². The molecule has 0 radical (unpaired) electrons. The highest BCUT2D eigenvalue weighted by Crippen LogP contribution is 2.21. The minimum atomic E-state index is -1.87. The minimum Gasteiger partial charge on any atom is -0.323 e. The minimum absolute atomic E-state index is 0.265. The zero-order valence-electron chi connectivity index (χ0n) is 8.96. The molecule has 1 rings (SSSR count). The molecule has 0 aliphatic rings. The van der Waals surface area contributed by atoms with Crippen molar-refractivity contribution in [2.75, 3.05) is 0 Å². The molecule has 0 aliphatic heterocycles. The summed E-state index contributed by atoms with van der Waals surface area (Å²) in [5.41, 5.74) is 7.41. The quantitative estimate of drug-likeness (QED) is 0.784. The van der Waals surface area contributed by atoms with Gasteiger partial charge >= 0.3 is 0 Å². The van der Waals surface area contributed by atoms with Crippen molar-refractivity contribution in [2.24, 2.45) is 5.73 Å². The van der Waals surface area contributed by atoms with Gasteiger partial charge in [-0.05, 0) is 18.1 Å². The average molecular weight is 238 g/mol. The van der Waals surface area contributed by atoms with Gasteiger partial charge in [-0.25, -0.2) is 4.21 Å². The molecule has 0 aromatic heterocycles. The largest absolute Gasteiger partial charge is 0.323 e. The molecule has 16 heavy (non-hydrogen) atoms. The van der Waals surface area contributed by atoms with E-state index < -0.39 is 16.3 Å². The van der Waals surface area contributed by atoms with Crippen LogP contribution < -0.4 is 5.73 Å². The third kappa shape index (κ3) is 3.14. The van der Waals surface area contributed by atoms with Gasteiger partial charge in [0.15, 0.2) is 11.1 Å². The lowest BCUT2D eigenvalue weighted by molar-refractivity contribution is 0.553. The molecule has 1 aromatic carbocycles. The topological polar surface area (TPSA) is 87.1 Å². The van der Waals surface area contributed by atoms with Gasteiger partial charge in [-0.1, -0.05) is 24.3 Å². The molecule has 0 spiro atoms. The number of nitrogens with two attached hydrogens (primary N) is 1. The Morgan fingerprint density at radius 3 is 2.38 bits per heavy atom. The van der Waals surface area contributed by atoms with E-state index in [2.05, 4.69) is 0 Å². The molecular weight excluding hydrogens is 224 g/mol. The van der Waals surface area contributed by atoms with Gasteiger partial charge in [-0.15, -0.1) is 0 Å². The van der Waals surface area contributed by atoms with Gasteiger partial charge in [-0.3, -0.25) is 0 Å². The van der Waals surface area contributed by atoms with Crippen LogP contribution in [0.15, 0.2) is 24.3 Å². The Morgan fingerprint density at radius 2 is 1.94 bits per heavy atom. The van der Waals surface area contributed by atoms with E-state index in [1.165, 1.54) is 0 Å². The SMILES string of the molecule is CC(c1ccc([C@@H](N)CC#N)cc1)S(=O)O. The van der Waals surface area contributed by atoms with E-state index in [4.69, 9.17) is 15.5 Å².